The zero-order valence-electron chi connectivity index (χ0n) is 9.67. The van der Waals surface area contributed by atoms with Gasteiger partial charge in [-0.15, -0.1) is 0 Å². The van der Waals surface area contributed by atoms with Crippen LogP contribution < -0.4 is 10.6 Å². The normalized spacial score (nSPS) is 10.4. The molecule has 90 valence electrons. The van der Waals surface area contributed by atoms with E-state index in [9.17, 15) is 4.79 Å². The second-order valence-electron chi connectivity index (χ2n) is 3.34. The fourth-order valence-electron chi connectivity index (χ4n) is 1.25. The van der Waals surface area contributed by atoms with E-state index in [0.717, 1.165) is 12.0 Å². The van der Waals surface area contributed by atoms with Crippen molar-refractivity contribution in [2.24, 2.45) is 0 Å². The molecule has 1 amide bonds. The predicted octanol–water partition coefficient (Wildman–Crippen LogP) is 0.147. The standard InChI is InChI=1S/C10H18N4O2/c1-3-8-6-12-14-10(8)13-9(15)7-11-4-5-16-2/h6,11H,3-5,7H2,1-2H3,(H2,12,13,14,15). The highest BCUT2D eigenvalue weighted by atomic mass is 16.5. The fraction of sp³-hybridized carbons (Fsp3) is 0.600. The van der Waals surface area contributed by atoms with Crippen LogP contribution in [-0.2, 0) is 16.0 Å². The number of methoxy groups -OCH3 is 1. The van der Waals surface area contributed by atoms with Crippen LogP contribution in [0.3, 0.4) is 0 Å². The van der Waals surface area contributed by atoms with E-state index in [-0.39, 0.29) is 12.5 Å². The minimum atomic E-state index is -0.0879. The largest absolute Gasteiger partial charge is 0.383 e. The summed E-state index contributed by atoms with van der Waals surface area (Å²) >= 11 is 0. The Labute approximate surface area is 94.8 Å². The van der Waals surface area contributed by atoms with Gasteiger partial charge in [0.15, 0.2) is 0 Å². The summed E-state index contributed by atoms with van der Waals surface area (Å²) in [4.78, 5) is 11.5. The number of ether oxygens (including phenoxy) is 1. The van der Waals surface area contributed by atoms with Crippen LogP contribution in [0.25, 0.3) is 0 Å². The Kier molecular flexibility index (Phi) is 5.52. The van der Waals surface area contributed by atoms with Crippen molar-refractivity contribution in [3.05, 3.63) is 11.8 Å². The van der Waals surface area contributed by atoms with Gasteiger partial charge in [0.1, 0.15) is 5.82 Å². The molecule has 0 saturated heterocycles. The van der Waals surface area contributed by atoms with E-state index in [4.69, 9.17) is 4.74 Å². The zero-order valence-corrected chi connectivity index (χ0v) is 9.67. The SMILES string of the molecule is CCc1cn[nH]c1NC(=O)CNCCOC. The zero-order chi connectivity index (χ0) is 11.8. The Morgan fingerprint density at radius 1 is 1.62 bits per heavy atom. The molecule has 0 aliphatic carbocycles. The van der Waals surface area contributed by atoms with Gasteiger partial charge < -0.3 is 15.4 Å². The van der Waals surface area contributed by atoms with E-state index in [1.807, 2.05) is 6.92 Å². The number of amides is 1. The maximum Gasteiger partial charge on any atom is 0.239 e. The number of nitrogens with one attached hydrogen (secondary N) is 3. The lowest BCUT2D eigenvalue weighted by atomic mass is 10.2. The van der Waals surface area contributed by atoms with Gasteiger partial charge in [0.2, 0.25) is 5.91 Å². The number of anilines is 1. The van der Waals surface area contributed by atoms with Crippen LogP contribution in [-0.4, -0.2) is 42.9 Å². The molecule has 1 aromatic heterocycles. The maximum absolute atomic E-state index is 11.5. The lowest BCUT2D eigenvalue weighted by molar-refractivity contribution is -0.115. The summed E-state index contributed by atoms with van der Waals surface area (Å²) in [5.41, 5.74) is 1.00. The molecule has 3 N–H and O–H groups in total. The number of carbonyl (C=O) groups is 1. The molecular formula is C10H18N4O2. The van der Waals surface area contributed by atoms with Crippen molar-refractivity contribution in [2.75, 3.05) is 32.1 Å². The summed E-state index contributed by atoms with van der Waals surface area (Å²) in [6.07, 6.45) is 2.55. The number of aromatic nitrogens is 2. The Hall–Kier alpha value is -1.40. The summed E-state index contributed by atoms with van der Waals surface area (Å²) in [5, 5.41) is 12.4. The van der Waals surface area contributed by atoms with Crippen LogP contribution in [0.4, 0.5) is 5.82 Å². The van der Waals surface area contributed by atoms with Gasteiger partial charge in [-0.05, 0) is 6.42 Å². The minimum absolute atomic E-state index is 0.0879. The third kappa shape index (κ3) is 4.00. The van der Waals surface area contributed by atoms with Crippen molar-refractivity contribution in [1.29, 1.82) is 0 Å². The molecule has 0 bridgehead atoms. The Bertz CT molecular complexity index is 324. The predicted molar refractivity (Wildman–Crippen MR) is 61.3 cm³/mol. The van der Waals surface area contributed by atoms with Crippen molar-refractivity contribution < 1.29 is 9.53 Å². The third-order valence-electron chi connectivity index (χ3n) is 2.13. The van der Waals surface area contributed by atoms with E-state index in [1.54, 1.807) is 13.3 Å². The Morgan fingerprint density at radius 3 is 3.12 bits per heavy atom. The number of aryl methyl sites for hydroxylation is 1. The Balaban J connectivity index is 2.28. The molecule has 0 radical (unpaired) electrons. The highest BCUT2D eigenvalue weighted by Crippen LogP contribution is 2.10. The van der Waals surface area contributed by atoms with Crippen molar-refractivity contribution in [3.63, 3.8) is 0 Å². The monoisotopic (exact) mass is 226 g/mol. The van der Waals surface area contributed by atoms with Gasteiger partial charge in [-0.3, -0.25) is 9.89 Å². The van der Waals surface area contributed by atoms with Crippen LogP contribution in [0, 0.1) is 0 Å². The third-order valence-corrected chi connectivity index (χ3v) is 2.13. The van der Waals surface area contributed by atoms with E-state index < -0.39 is 0 Å². The average molecular weight is 226 g/mol. The molecule has 1 heterocycles. The van der Waals surface area contributed by atoms with Gasteiger partial charge in [0.25, 0.3) is 0 Å². The van der Waals surface area contributed by atoms with Crippen LogP contribution >= 0.6 is 0 Å². The quantitative estimate of drug-likeness (QED) is 0.578. The average Bonchev–Trinajstić information content (AvgIpc) is 2.71. The maximum atomic E-state index is 11.5. The first-order valence-corrected chi connectivity index (χ1v) is 5.29. The van der Waals surface area contributed by atoms with Gasteiger partial charge in [0.05, 0.1) is 19.3 Å². The second kappa shape index (κ2) is 6.97. The van der Waals surface area contributed by atoms with Crippen LogP contribution in [0.5, 0.6) is 0 Å². The molecule has 0 spiro atoms. The number of hydrogen-bond acceptors (Lipinski definition) is 4. The van der Waals surface area contributed by atoms with Crippen molar-refractivity contribution >= 4 is 11.7 Å². The molecule has 0 aliphatic rings. The molecule has 6 nitrogen and oxygen atoms in total. The smallest absolute Gasteiger partial charge is 0.239 e. The molecule has 0 fully saturated rings. The number of rotatable bonds is 7. The molecule has 0 aliphatic heterocycles. The number of H-pyrrole nitrogens is 1. The molecule has 1 rings (SSSR count). The van der Waals surface area contributed by atoms with Gasteiger partial charge in [-0.1, -0.05) is 6.92 Å². The minimum Gasteiger partial charge on any atom is -0.383 e. The number of carbonyl (C=O) groups excluding carboxylic acids is 1. The molecule has 6 heteroatoms. The summed E-state index contributed by atoms with van der Waals surface area (Å²) < 4.78 is 4.86. The first-order valence-electron chi connectivity index (χ1n) is 5.29. The summed E-state index contributed by atoms with van der Waals surface area (Å²) in [7, 11) is 1.62. The number of nitrogens with zero attached hydrogens (tertiary/aromatic N) is 1. The molecule has 0 unspecified atom stereocenters. The second-order valence-corrected chi connectivity index (χ2v) is 3.34. The van der Waals surface area contributed by atoms with Gasteiger partial charge in [-0.25, -0.2) is 0 Å². The van der Waals surface area contributed by atoms with Crippen LogP contribution in [0.15, 0.2) is 6.20 Å². The highest BCUT2D eigenvalue weighted by Gasteiger charge is 2.06. The van der Waals surface area contributed by atoms with Crippen molar-refractivity contribution in [1.82, 2.24) is 15.5 Å². The van der Waals surface area contributed by atoms with E-state index in [1.165, 1.54) is 0 Å². The van der Waals surface area contributed by atoms with E-state index >= 15 is 0 Å². The van der Waals surface area contributed by atoms with Gasteiger partial charge in [0, 0.05) is 19.2 Å². The topological polar surface area (TPSA) is 79.0 Å². The number of hydrogen-bond donors (Lipinski definition) is 3. The van der Waals surface area contributed by atoms with Crippen molar-refractivity contribution in [2.45, 2.75) is 13.3 Å². The molecular weight excluding hydrogens is 208 g/mol. The first-order chi connectivity index (χ1) is 7.77. The first kappa shape index (κ1) is 12.7. The summed E-state index contributed by atoms with van der Waals surface area (Å²) in [5.74, 6) is 0.594. The highest BCUT2D eigenvalue weighted by molar-refractivity contribution is 5.91. The number of aromatic amines is 1. The van der Waals surface area contributed by atoms with E-state index in [0.29, 0.717) is 19.0 Å². The van der Waals surface area contributed by atoms with Gasteiger partial charge >= 0.3 is 0 Å². The molecule has 16 heavy (non-hydrogen) atoms. The van der Waals surface area contributed by atoms with E-state index in [2.05, 4.69) is 20.8 Å². The van der Waals surface area contributed by atoms with Crippen LogP contribution in [0.1, 0.15) is 12.5 Å². The summed E-state index contributed by atoms with van der Waals surface area (Å²) in [6.45, 7) is 3.54. The lowest BCUT2D eigenvalue weighted by Gasteiger charge is -2.05. The molecule has 0 aromatic carbocycles. The van der Waals surface area contributed by atoms with Crippen molar-refractivity contribution in [3.8, 4) is 0 Å². The van der Waals surface area contributed by atoms with Gasteiger partial charge in [-0.2, -0.15) is 5.10 Å². The molecule has 0 atom stereocenters. The fourth-order valence-corrected chi connectivity index (χ4v) is 1.25. The molecule has 1 aromatic rings. The lowest BCUT2D eigenvalue weighted by Crippen LogP contribution is -2.30. The molecule has 0 saturated carbocycles. The Morgan fingerprint density at radius 2 is 2.44 bits per heavy atom. The summed E-state index contributed by atoms with van der Waals surface area (Å²) in [6, 6.07) is 0. The van der Waals surface area contributed by atoms with Crippen LogP contribution in [0.2, 0.25) is 0 Å².